The SMILES string of the molecule is CCOc1ccc(C2(CNC(=O)c3cccc(-c4noc(C(F)(F)F)n4)c3)CCOCC2)cc1. The molecule has 2 aromatic carbocycles. The fourth-order valence-electron chi connectivity index (χ4n) is 4.01. The highest BCUT2D eigenvalue weighted by Crippen LogP contribution is 2.35. The molecule has 1 aliphatic heterocycles. The van der Waals surface area contributed by atoms with Gasteiger partial charge in [0.15, 0.2) is 0 Å². The zero-order valence-corrected chi connectivity index (χ0v) is 18.5. The Bertz CT molecular complexity index is 1120. The van der Waals surface area contributed by atoms with Gasteiger partial charge in [-0.2, -0.15) is 18.2 Å². The van der Waals surface area contributed by atoms with Gasteiger partial charge < -0.3 is 19.3 Å². The molecule has 1 N–H and O–H groups in total. The number of nitrogens with zero attached hydrogens (tertiary/aromatic N) is 2. The summed E-state index contributed by atoms with van der Waals surface area (Å²) in [5.74, 6) is -1.24. The minimum atomic E-state index is -4.74. The number of alkyl halides is 3. The molecule has 10 heteroatoms. The van der Waals surface area contributed by atoms with E-state index in [4.69, 9.17) is 9.47 Å². The second-order valence-corrected chi connectivity index (χ2v) is 8.03. The summed E-state index contributed by atoms with van der Waals surface area (Å²) in [6.07, 6.45) is -3.26. The van der Waals surface area contributed by atoms with E-state index in [0.717, 1.165) is 24.2 Å². The number of hydrogen-bond donors (Lipinski definition) is 1. The molecule has 1 fully saturated rings. The number of halogens is 3. The van der Waals surface area contributed by atoms with Gasteiger partial charge in [0.25, 0.3) is 5.91 Å². The maximum Gasteiger partial charge on any atom is 0.471 e. The molecule has 0 unspecified atom stereocenters. The highest BCUT2D eigenvalue weighted by molar-refractivity contribution is 5.95. The number of ether oxygens (including phenoxy) is 2. The standard InChI is InChI=1S/C24H24F3N3O4/c1-2-33-19-8-6-18(7-9-19)23(10-12-32-13-11-23)15-28-21(31)17-5-3-4-16(14-17)20-29-22(34-30-20)24(25,26)27/h3-9,14H,2,10-13,15H2,1H3,(H,28,31). The van der Waals surface area contributed by atoms with Crippen molar-refractivity contribution < 1.29 is 32.0 Å². The van der Waals surface area contributed by atoms with Gasteiger partial charge in [0.2, 0.25) is 5.82 Å². The van der Waals surface area contributed by atoms with Crippen molar-refractivity contribution in [2.24, 2.45) is 0 Å². The Hall–Kier alpha value is -3.40. The zero-order chi connectivity index (χ0) is 24.2. The van der Waals surface area contributed by atoms with E-state index in [1.807, 2.05) is 31.2 Å². The number of rotatable bonds is 7. The molecule has 180 valence electrons. The number of nitrogens with one attached hydrogen (secondary N) is 1. The Balaban J connectivity index is 1.50. The number of benzene rings is 2. The van der Waals surface area contributed by atoms with E-state index in [1.54, 1.807) is 12.1 Å². The van der Waals surface area contributed by atoms with E-state index in [-0.39, 0.29) is 28.3 Å². The number of carbonyl (C=O) groups is 1. The van der Waals surface area contributed by atoms with Gasteiger partial charge in [-0.3, -0.25) is 4.79 Å². The molecule has 0 saturated carbocycles. The minimum Gasteiger partial charge on any atom is -0.494 e. The van der Waals surface area contributed by atoms with Crippen LogP contribution in [-0.4, -0.2) is 42.4 Å². The third-order valence-corrected chi connectivity index (χ3v) is 5.87. The smallest absolute Gasteiger partial charge is 0.471 e. The van der Waals surface area contributed by atoms with Gasteiger partial charge >= 0.3 is 12.1 Å². The van der Waals surface area contributed by atoms with Crippen LogP contribution in [-0.2, 0) is 16.3 Å². The summed E-state index contributed by atoms with van der Waals surface area (Å²) < 4.78 is 53.7. The summed E-state index contributed by atoms with van der Waals surface area (Å²) in [4.78, 5) is 16.3. The van der Waals surface area contributed by atoms with E-state index in [2.05, 4.69) is 20.0 Å². The molecule has 34 heavy (non-hydrogen) atoms. The van der Waals surface area contributed by atoms with E-state index in [9.17, 15) is 18.0 Å². The summed E-state index contributed by atoms with van der Waals surface area (Å²) in [6, 6.07) is 14.0. The number of aromatic nitrogens is 2. The van der Waals surface area contributed by atoms with E-state index < -0.39 is 12.1 Å². The molecule has 0 aliphatic carbocycles. The van der Waals surface area contributed by atoms with Crippen molar-refractivity contribution >= 4 is 5.91 Å². The zero-order valence-electron chi connectivity index (χ0n) is 18.5. The number of amides is 1. The Labute approximate surface area is 194 Å². The first-order chi connectivity index (χ1) is 16.3. The summed E-state index contributed by atoms with van der Waals surface area (Å²) in [5, 5.41) is 6.37. The molecule has 1 saturated heterocycles. The maximum atomic E-state index is 12.9. The molecule has 1 amide bonds. The lowest BCUT2D eigenvalue weighted by atomic mass is 9.74. The van der Waals surface area contributed by atoms with Crippen LogP contribution in [0.1, 0.15) is 41.6 Å². The average molecular weight is 475 g/mol. The monoisotopic (exact) mass is 475 g/mol. The molecular weight excluding hydrogens is 451 g/mol. The molecule has 2 heterocycles. The van der Waals surface area contributed by atoms with Crippen LogP contribution in [0.15, 0.2) is 53.1 Å². The van der Waals surface area contributed by atoms with Crippen LogP contribution in [0.2, 0.25) is 0 Å². The van der Waals surface area contributed by atoms with Crippen molar-refractivity contribution in [3.63, 3.8) is 0 Å². The minimum absolute atomic E-state index is 0.239. The molecule has 1 aliphatic rings. The van der Waals surface area contributed by atoms with Crippen molar-refractivity contribution in [3.8, 4) is 17.1 Å². The average Bonchev–Trinajstić information content (AvgIpc) is 3.35. The van der Waals surface area contributed by atoms with Gasteiger partial charge in [-0.1, -0.05) is 29.4 Å². The first kappa shape index (κ1) is 23.7. The lowest BCUT2D eigenvalue weighted by Crippen LogP contribution is -2.44. The Kier molecular flexibility index (Phi) is 6.87. The van der Waals surface area contributed by atoms with Crippen molar-refractivity contribution in [2.45, 2.75) is 31.4 Å². The van der Waals surface area contributed by atoms with Crippen molar-refractivity contribution in [1.82, 2.24) is 15.5 Å². The second-order valence-electron chi connectivity index (χ2n) is 8.03. The molecule has 0 atom stereocenters. The molecule has 3 aromatic rings. The van der Waals surface area contributed by atoms with Crippen LogP contribution in [0.5, 0.6) is 5.75 Å². The second kappa shape index (κ2) is 9.84. The number of carbonyl (C=O) groups excluding carboxylic acids is 1. The quantitative estimate of drug-likeness (QED) is 0.536. The summed E-state index contributed by atoms with van der Waals surface area (Å²) in [5.41, 5.74) is 1.31. The highest BCUT2D eigenvalue weighted by atomic mass is 19.4. The Morgan fingerprint density at radius 3 is 2.53 bits per heavy atom. The van der Waals surface area contributed by atoms with E-state index >= 15 is 0 Å². The molecule has 0 spiro atoms. The topological polar surface area (TPSA) is 86.5 Å². The van der Waals surface area contributed by atoms with Crippen LogP contribution >= 0.6 is 0 Å². The molecule has 0 bridgehead atoms. The van der Waals surface area contributed by atoms with Crippen LogP contribution in [0.3, 0.4) is 0 Å². The Morgan fingerprint density at radius 2 is 1.88 bits per heavy atom. The third-order valence-electron chi connectivity index (χ3n) is 5.87. The largest absolute Gasteiger partial charge is 0.494 e. The van der Waals surface area contributed by atoms with E-state index in [1.165, 1.54) is 12.1 Å². The Morgan fingerprint density at radius 1 is 1.15 bits per heavy atom. The lowest BCUT2D eigenvalue weighted by Gasteiger charge is -2.38. The summed E-state index contributed by atoms with van der Waals surface area (Å²) >= 11 is 0. The molecule has 4 rings (SSSR count). The predicted octanol–water partition coefficient (Wildman–Crippen LogP) is 4.63. The lowest BCUT2D eigenvalue weighted by molar-refractivity contribution is -0.159. The third kappa shape index (κ3) is 5.22. The van der Waals surface area contributed by atoms with Gasteiger partial charge in [0, 0.05) is 36.3 Å². The summed E-state index contributed by atoms with van der Waals surface area (Å²) in [7, 11) is 0. The first-order valence-corrected chi connectivity index (χ1v) is 10.9. The van der Waals surface area contributed by atoms with Gasteiger partial charge in [-0.05, 0) is 49.6 Å². The predicted molar refractivity (Wildman–Crippen MR) is 116 cm³/mol. The molecule has 0 radical (unpaired) electrons. The molecule has 7 nitrogen and oxygen atoms in total. The van der Waals surface area contributed by atoms with Crippen molar-refractivity contribution in [2.75, 3.05) is 26.4 Å². The summed E-state index contributed by atoms with van der Waals surface area (Å²) in [6.45, 7) is 4.05. The molecular formula is C24H24F3N3O4. The highest BCUT2D eigenvalue weighted by Gasteiger charge is 2.38. The number of hydrogen-bond acceptors (Lipinski definition) is 6. The van der Waals surface area contributed by atoms with Crippen LogP contribution in [0.25, 0.3) is 11.4 Å². The first-order valence-electron chi connectivity index (χ1n) is 10.9. The molecule has 1 aromatic heterocycles. The fourth-order valence-corrected chi connectivity index (χ4v) is 4.01. The van der Waals surface area contributed by atoms with Crippen molar-refractivity contribution in [1.29, 1.82) is 0 Å². The maximum absolute atomic E-state index is 12.9. The fraction of sp³-hybridized carbons (Fsp3) is 0.375. The van der Waals surface area contributed by atoms with Crippen molar-refractivity contribution in [3.05, 3.63) is 65.5 Å². The van der Waals surface area contributed by atoms with Crippen LogP contribution in [0, 0.1) is 0 Å². The van der Waals surface area contributed by atoms with Crippen LogP contribution in [0.4, 0.5) is 13.2 Å². The van der Waals surface area contributed by atoms with Crippen LogP contribution < -0.4 is 10.1 Å². The normalized spacial score (nSPS) is 15.6. The van der Waals surface area contributed by atoms with E-state index in [0.29, 0.717) is 26.4 Å². The van der Waals surface area contributed by atoms with Gasteiger partial charge in [0.05, 0.1) is 6.61 Å². The van der Waals surface area contributed by atoms with Gasteiger partial charge in [-0.15, -0.1) is 0 Å². The van der Waals surface area contributed by atoms with Gasteiger partial charge in [0.1, 0.15) is 5.75 Å². The van der Waals surface area contributed by atoms with Gasteiger partial charge in [-0.25, -0.2) is 0 Å².